The Labute approximate surface area is 116 Å². The summed E-state index contributed by atoms with van der Waals surface area (Å²) >= 11 is 2.10. The van der Waals surface area contributed by atoms with E-state index in [1.807, 2.05) is 27.0 Å². The van der Waals surface area contributed by atoms with Crippen LogP contribution in [0.1, 0.15) is 29.8 Å². The molecule has 0 saturated heterocycles. The highest BCUT2D eigenvalue weighted by Gasteiger charge is 2.14. The summed E-state index contributed by atoms with van der Waals surface area (Å²) in [5.74, 6) is -0.572. The first-order valence-corrected chi connectivity index (χ1v) is 8.41. The zero-order valence-corrected chi connectivity index (χ0v) is 12.7. The molecule has 3 nitrogen and oxygen atoms in total. The Morgan fingerprint density at radius 2 is 2.18 bits per heavy atom. The number of fused-ring (bicyclic) bond motifs is 1. The number of carbonyl (C=O) groups excluding carboxylic acids is 1. The predicted octanol–water partition coefficient (Wildman–Crippen LogP) is 4.17. The van der Waals surface area contributed by atoms with Crippen molar-refractivity contribution < 1.29 is 9.18 Å². The van der Waals surface area contributed by atoms with Gasteiger partial charge >= 0.3 is 0 Å². The minimum absolute atomic E-state index is 0.0849. The zero-order chi connectivity index (χ0) is 13.0. The predicted molar refractivity (Wildman–Crippen MR) is 78.2 cm³/mol. The van der Waals surface area contributed by atoms with Gasteiger partial charge in [-0.3, -0.25) is 8.77 Å². The van der Waals surface area contributed by atoms with Gasteiger partial charge in [0.05, 0.1) is 11.8 Å². The number of halogens is 2. The van der Waals surface area contributed by atoms with Crippen molar-refractivity contribution in [3.8, 4) is 0 Å². The Hall–Kier alpha value is -0.630. The monoisotopic (exact) mass is 366 g/mol. The van der Waals surface area contributed by atoms with E-state index in [1.54, 1.807) is 3.97 Å². The quantitative estimate of drug-likeness (QED) is 0.591. The molecule has 0 N–H and O–H groups in total. The lowest BCUT2D eigenvalue weighted by Gasteiger charge is -1.99. The molecule has 17 heavy (non-hydrogen) atoms. The molecule has 0 radical (unpaired) electrons. The maximum absolute atomic E-state index is 13.3. The van der Waals surface area contributed by atoms with E-state index in [1.165, 1.54) is 9.12 Å². The second-order valence-electron chi connectivity index (χ2n) is 3.04. The number of pyridine rings is 1. The highest BCUT2D eigenvalue weighted by atomic mass is 127. The molecule has 0 aliphatic heterocycles. The topological polar surface area (TPSA) is 34.9 Å². The molecule has 0 amide bonds. The minimum Gasteiger partial charge on any atom is -0.298 e. The Bertz CT molecular complexity index is 542. The van der Waals surface area contributed by atoms with Gasteiger partial charge < -0.3 is 0 Å². The van der Waals surface area contributed by atoms with E-state index in [2.05, 4.69) is 26.2 Å². The first kappa shape index (κ1) is 14.4. The van der Waals surface area contributed by atoms with Crippen LogP contribution in [0.5, 0.6) is 0 Å². The molecule has 6 heteroatoms. The number of hydrogen-bond acceptors (Lipinski definition) is 3. The first-order valence-electron chi connectivity index (χ1n) is 5.09. The number of carbonyl (C=O) groups is 1. The van der Waals surface area contributed by atoms with Crippen molar-refractivity contribution in [2.45, 2.75) is 20.8 Å². The normalized spacial score (nSPS) is 9.94. The van der Waals surface area contributed by atoms with Crippen molar-refractivity contribution >= 4 is 47.6 Å². The van der Waals surface area contributed by atoms with Crippen LogP contribution in [0.2, 0.25) is 0 Å². The Morgan fingerprint density at radius 1 is 1.53 bits per heavy atom. The van der Waals surface area contributed by atoms with Crippen molar-refractivity contribution in [1.29, 1.82) is 0 Å². The maximum atomic E-state index is 13.3. The van der Waals surface area contributed by atoms with E-state index in [4.69, 9.17) is 0 Å². The van der Waals surface area contributed by atoms with Gasteiger partial charge in [0.2, 0.25) is 0 Å². The van der Waals surface area contributed by atoms with Crippen LogP contribution in [0.4, 0.5) is 4.39 Å². The van der Waals surface area contributed by atoms with Crippen molar-refractivity contribution in [2.24, 2.45) is 0 Å². The van der Waals surface area contributed by atoms with Crippen molar-refractivity contribution in [1.82, 2.24) is 8.96 Å². The van der Waals surface area contributed by atoms with E-state index in [0.717, 1.165) is 11.8 Å². The molecule has 2 aromatic heterocycles. The lowest BCUT2D eigenvalue weighted by atomic mass is 10.1. The number of aldehydes is 1. The Balaban J connectivity index is 0.000000686. The fourth-order valence-electron chi connectivity index (χ4n) is 1.52. The van der Waals surface area contributed by atoms with Crippen LogP contribution in [-0.2, 0) is 0 Å². The second-order valence-corrected chi connectivity index (χ2v) is 4.76. The molecule has 0 spiro atoms. The molecule has 0 aliphatic rings. The van der Waals surface area contributed by atoms with Gasteiger partial charge in [-0.15, -0.1) is 0 Å². The van der Waals surface area contributed by atoms with Crippen LogP contribution in [0.3, 0.4) is 0 Å². The fraction of sp³-hybridized carbons (Fsp3) is 0.273. The molecule has 0 aliphatic carbocycles. The minimum atomic E-state index is -0.572. The number of hydrogen-bond donors (Lipinski definition) is 0. The molecule has 0 unspecified atom stereocenters. The molecule has 92 valence electrons. The molecule has 0 fully saturated rings. The summed E-state index contributed by atoms with van der Waals surface area (Å²) < 4.78 is 15.1. The largest absolute Gasteiger partial charge is 0.298 e. The third-order valence-corrected chi connectivity index (χ3v) is 3.86. The first-order chi connectivity index (χ1) is 8.19. The molecule has 0 atom stereocenters. The van der Waals surface area contributed by atoms with Crippen LogP contribution >= 0.6 is 30.3 Å². The summed E-state index contributed by atoms with van der Waals surface area (Å²) in [5, 5.41) is 0.592. The fourth-order valence-corrected chi connectivity index (χ4v) is 2.82. The third-order valence-electron chi connectivity index (χ3n) is 2.16. The molecule has 0 bridgehead atoms. The lowest BCUT2D eigenvalue weighted by molar-refractivity contribution is 0.112. The summed E-state index contributed by atoms with van der Waals surface area (Å²) in [5.41, 5.74) is 1.56. The molecular weight excluding hydrogens is 354 g/mol. The number of aromatic nitrogens is 2. The summed E-state index contributed by atoms with van der Waals surface area (Å²) in [6.07, 6.45) is 3.45. The highest BCUT2D eigenvalue weighted by Crippen LogP contribution is 2.29. The van der Waals surface area contributed by atoms with E-state index < -0.39 is 5.82 Å². The molecule has 0 saturated carbocycles. The summed E-state index contributed by atoms with van der Waals surface area (Å²) in [7, 11) is 1.43. The highest BCUT2D eigenvalue weighted by molar-refractivity contribution is 14.2. The summed E-state index contributed by atoms with van der Waals surface area (Å²) in [6, 6.07) is 0. The molecular formula is C11H12FIN2OS. The second kappa shape index (κ2) is 6.34. The molecule has 2 heterocycles. The third kappa shape index (κ3) is 2.62. The van der Waals surface area contributed by atoms with Crippen molar-refractivity contribution in [2.75, 3.05) is 0 Å². The molecule has 2 rings (SSSR count). The average molecular weight is 366 g/mol. The summed E-state index contributed by atoms with van der Waals surface area (Å²) in [6.45, 7) is 5.83. The smallest absolute Gasteiger partial charge is 0.153 e. The zero-order valence-electron chi connectivity index (χ0n) is 9.70. The van der Waals surface area contributed by atoms with Gasteiger partial charge in [-0.05, 0) is 12.5 Å². The van der Waals surface area contributed by atoms with Crippen LogP contribution in [0.15, 0.2) is 12.4 Å². The van der Waals surface area contributed by atoms with E-state index in [9.17, 15) is 9.18 Å². The number of nitrogens with zero attached hydrogens (tertiary/aromatic N) is 2. The maximum Gasteiger partial charge on any atom is 0.153 e. The van der Waals surface area contributed by atoms with Crippen LogP contribution < -0.4 is 0 Å². The lowest BCUT2D eigenvalue weighted by Crippen LogP contribution is -1.93. The molecule has 0 aromatic carbocycles. The van der Waals surface area contributed by atoms with Gasteiger partial charge in [0.25, 0.3) is 0 Å². The van der Waals surface area contributed by atoms with Gasteiger partial charge in [0, 0.05) is 41.9 Å². The van der Waals surface area contributed by atoms with E-state index in [0.29, 0.717) is 17.3 Å². The summed E-state index contributed by atoms with van der Waals surface area (Å²) in [4.78, 5) is 14.8. The van der Waals surface area contributed by atoms with Crippen LogP contribution in [-0.4, -0.2) is 15.2 Å². The standard InChI is InChI=1S/C9H6FIN2OS.C2H6/c1-5-3-13(15-11)9-8(5)6(4-14)7(10)2-12-9;1-2/h2-4H,1H3;1-2H3. The van der Waals surface area contributed by atoms with E-state index in [-0.39, 0.29) is 5.56 Å². The Morgan fingerprint density at radius 3 is 2.71 bits per heavy atom. The van der Waals surface area contributed by atoms with Gasteiger partial charge in [0.15, 0.2) is 17.8 Å². The van der Waals surface area contributed by atoms with Crippen molar-refractivity contribution in [3.05, 3.63) is 29.3 Å². The van der Waals surface area contributed by atoms with Gasteiger partial charge in [-0.2, -0.15) is 0 Å². The van der Waals surface area contributed by atoms with Crippen LogP contribution in [0, 0.1) is 12.7 Å². The Kier molecular flexibility index (Phi) is 5.38. The van der Waals surface area contributed by atoms with Gasteiger partial charge in [-0.25, -0.2) is 9.37 Å². The molecule has 2 aromatic rings. The average Bonchev–Trinajstić information content (AvgIpc) is 2.69. The number of aryl methyl sites for hydroxylation is 1. The SMILES string of the molecule is CC.Cc1cn(SI)c2ncc(F)c(C=O)c12. The van der Waals surface area contributed by atoms with Crippen LogP contribution in [0.25, 0.3) is 11.0 Å². The van der Waals surface area contributed by atoms with Crippen molar-refractivity contribution in [3.63, 3.8) is 0 Å². The number of rotatable bonds is 2. The van der Waals surface area contributed by atoms with Gasteiger partial charge in [0.1, 0.15) is 0 Å². The van der Waals surface area contributed by atoms with E-state index >= 15 is 0 Å². The van der Waals surface area contributed by atoms with Gasteiger partial charge in [-0.1, -0.05) is 13.8 Å².